The van der Waals surface area contributed by atoms with Crippen LogP contribution in [0.3, 0.4) is 0 Å². The van der Waals surface area contributed by atoms with Crippen LogP contribution in [0.4, 0.5) is 10.3 Å². The third kappa shape index (κ3) is 5.32. The minimum atomic E-state index is -0.276. The summed E-state index contributed by atoms with van der Waals surface area (Å²) in [7, 11) is 0. The molecule has 1 unspecified atom stereocenters. The lowest BCUT2D eigenvalue weighted by atomic mass is 9.78. The van der Waals surface area contributed by atoms with Gasteiger partial charge in [0.1, 0.15) is 12.4 Å². The highest BCUT2D eigenvalue weighted by Crippen LogP contribution is 2.38. The Morgan fingerprint density at radius 1 is 1.17 bits per heavy atom. The van der Waals surface area contributed by atoms with Crippen LogP contribution in [0, 0.1) is 12.7 Å². The summed E-state index contributed by atoms with van der Waals surface area (Å²) < 4.78 is 14.3. The summed E-state index contributed by atoms with van der Waals surface area (Å²) in [5.74, 6) is 0.0137. The van der Waals surface area contributed by atoms with Gasteiger partial charge in [0.05, 0.1) is 17.1 Å². The van der Waals surface area contributed by atoms with Crippen LogP contribution in [0.15, 0.2) is 47.9 Å². The number of nitrogen functional groups attached to an aromatic ring is 1. The van der Waals surface area contributed by atoms with Crippen molar-refractivity contribution >= 4 is 11.7 Å². The number of oxime groups is 1. The van der Waals surface area contributed by atoms with E-state index in [2.05, 4.69) is 25.0 Å². The number of anilines is 1. The molecule has 0 spiro atoms. The van der Waals surface area contributed by atoms with E-state index in [1.807, 2.05) is 25.1 Å². The first-order chi connectivity index (χ1) is 17.1. The van der Waals surface area contributed by atoms with Crippen LogP contribution in [0.2, 0.25) is 0 Å². The molecule has 2 N–H and O–H groups in total. The fraction of sp³-hybridized carbons (Fsp3) is 0.407. The van der Waals surface area contributed by atoms with E-state index in [0.29, 0.717) is 19.4 Å². The minimum absolute atomic E-state index is 0.0407. The Kier molecular flexibility index (Phi) is 6.99. The van der Waals surface area contributed by atoms with Gasteiger partial charge < -0.3 is 15.5 Å². The summed E-state index contributed by atoms with van der Waals surface area (Å²) >= 11 is 0. The molecule has 1 saturated heterocycles. The average molecular weight is 475 g/mol. The van der Waals surface area contributed by atoms with Gasteiger partial charge in [-0.25, -0.2) is 14.4 Å². The van der Waals surface area contributed by atoms with E-state index < -0.39 is 0 Å². The molecule has 3 aromatic rings. The Balaban J connectivity index is 1.43. The standard InChI is InChI=1S/C27H31FN6O/c1-18-26-24(32-27(29)31-18)14-20(15-25(26)33-35-13-5-12-34-10-2-3-11-34)22-8-7-21(28)16-23(22)19-6-4-9-30-17-19/h4,6-9,16-17,20H,2-3,5,10-15H2,1H3,(H2,29,31,32)/b33-25+. The molecular weight excluding hydrogens is 443 g/mol. The Labute approximate surface area is 205 Å². The second-order valence-electron chi connectivity index (χ2n) is 9.34. The van der Waals surface area contributed by atoms with Crippen LogP contribution in [0.5, 0.6) is 0 Å². The summed E-state index contributed by atoms with van der Waals surface area (Å²) in [4.78, 5) is 21.4. The maximum absolute atomic E-state index is 14.3. The van der Waals surface area contributed by atoms with Crippen LogP contribution in [0.25, 0.3) is 11.1 Å². The van der Waals surface area contributed by atoms with Crippen LogP contribution in [-0.2, 0) is 11.3 Å². The first-order valence-corrected chi connectivity index (χ1v) is 12.3. The van der Waals surface area contributed by atoms with Crippen molar-refractivity contribution in [3.05, 3.63) is 71.1 Å². The van der Waals surface area contributed by atoms with E-state index in [1.54, 1.807) is 18.5 Å². The van der Waals surface area contributed by atoms with Crippen molar-refractivity contribution in [1.29, 1.82) is 0 Å². The summed E-state index contributed by atoms with van der Waals surface area (Å²) in [5.41, 5.74) is 12.1. The summed E-state index contributed by atoms with van der Waals surface area (Å²) in [6.45, 7) is 5.88. The van der Waals surface area contributed by atoms with Crippen LogP contribution in [0.1, 0.15) is 54.1 Å². The van der Waals surface area contributed by atoms with Gasteiger partial charge in [-0.1, -0.05) is 17.3 Å². The quantitative estimate of drug-likeness (QED) is 0.400. The Morgan fingerprint density at radius 3 is 2.83 bits per heavy atom. The summed E-state index contributed by atoms with van der Waals surface area (Å²) in [6.07, 6.45) is 8.29. The van der Waals surface area contributed by atoms with Crippen molar-refractivity contribution in [3.8, 4) is 11.1 Å². The molecule has 1 aliphatic carbocycles. The highest BCUT2D eigenvalue weighted by Gasteiger charge is 2.30. The number of pyridine rings is 1. The largest absolute Gasteiger partial charge is 0.396 e. The molecule has 1 aliphatic heterocycles. The van der Waals surface area contributed by atoms with Crippen LogP contribution >= 0.6 is 0 Å². The number of likely N-dealkylation sites (tertiary alicyclic amines) is 1. The zero-order valence-electron chi connectivity index (χ0n) is 20.1. The highest BCUT2D eigenvalue weighted by molar-refractivity contribution is 6.03. The first-order valence-electron chi connectivity index (χ1n) is 12.3. The monoisotopic (exact) mass is 474 g/mol. The van der Waals surface area contributed by atoms with Gasteiger partial charge in [0, 0.05) is 36.5 Å². The molecule has 7 nitrogen and oxygen atoms in total. The number of halogens is 1. The molecule has 3 heterocycles. The van der Waals surface area contributed by atoms with Gasteiger partial charge in [0.15, 0.2) is 0 Å². The molecule has 1 atom stereocenters. The van der Waals surface area contributed by atoms with Gasteiger partial charge in [0.2, 0.25) is 5.95 Å². The van der Waals surface area contributed by atoms with Crippen molar-refractivity contribution < 1.29 is 9.23 Å². The van der Waals surface area contributed by atoms with Crippen molar-refractivity contribution in [1.82, 2.24) is 19.9 Å². The number of rotatable bonds is 7. The molecule has 0 amide bonds. The van der Waals surface area contributed by atoms with Crippen molar-refractivity contribution in [2.75, 3.05) is 32.0 Å². The van der Waals surface area contributed by atoms with Crippen LogP contribution < -0.4 is 5.73 Å². The number of nitrogens with zero attached hydrogens (tertiary/aromatic N) is 5. The first kappa shape index (κ1) is 23.4. The van der Waals surface area contributed by atoms with Gasteiger partial charge in [-0.15, -0.1) is 0 Å². The van der Waals surface area contributed by atoms with E-state index in [0.717, 1.165) is 52.3 Å². The molecule has 1 fully saturated rings. The molecule has 0 radical (unpaired) electrons. The topological polar surface area (TPSA) is 89.5 Å². The number of aryl methyl sites for hydroxylation is 1. The molecule has 2 aromatic heterocycles. The fourth-order valence-corrected chi connectivity index (χ4v) is 5.26. The second kappa shape index (κ2) is 10.5. The SMILES string of the molecule is Cc1nc(N)nc2c1/C(=N/OCCCN1CCCC1)CC(c1ccc(F)cc1-c1cccnc1)C2. The lowest BCUT2D eigenvalue weighted by Crippen LogP contribution is -2.24. The number of hydrogen-bond acceptors (Lipinski definition) is 7. The molecule has 2 aliphatic rings. The summed E-state index contributed by atoms with van der Waals surface area (Å²) in [6, 6.07) is 8.76. The van der Waals surface area contributed by atoms with Crippen molar-refractivity contribution in [3.63, 3.8) is 0 Å². The van der Waals surface area contributed by atoms with E-state index in [-0.39, 0.29) is 17.7 Å². The van der Waals surface area contributed by atoms with E-state index in [9.17, 15) is 4.39 Å². The minimum Gasteiger partial charge on any atom is -0.396 e. The Hall–Kier alpha value is -3.39. The number of nitrogens with two attached hydrogens (primary N) is 1. The molecule has 1 aromatic carbocycles. The molecular formula is C27H31FN6O. The lowest BCUT2D eigenvalue weighted by molar-refractivity contribution is 0.131. The number of benzene rings is 1. The molecule has 5 rings (SSSR count). The molecule has 0 saturated carbocycles. The van der Waals surface area contributed by atoms with Crippen LogP contribution in [-0.4, -0.2) is 51.8 Å². The third-order valence-electron chi connectivity index (χ3n) is 6.86. The molecule has 182 valence electrons. The average Bonchev–Trinajstić information content (AvgIpc) is 3.37. The maximum Gasteiger partial charge on any atom is 0.220 e. The zero-order chi connectivity index (χ0) is 24.2. The number of aromatic nitrogens is 3. The lowest BCUT2D eigenvalue weighted by Gasteiger charge is -2.28. The van der Waals surface area contributed by atoms with Gasteiger partial charge in [-0.3, -0.25) is 4.98 Å². The zero-order valence-corrected chi connectivity index (χ0v) is 20.1. The van der Waals surface area contributed by atoms with E-state index in [4.69, 9.17) is 10.6 Å². The summed E-state index contributed by atoms with van der Waals surface area (Å²) in [5, 5.41) is 4.57. The van der Waals surface area contributed by atoms with Gasteiger partial charge in [-0.05, 0) is 80.9 Å². The van der Waals surface area contributed by atoms with Crippen molar-refractivity contribution in [2.45, 2.75) is 44.9 Å². The van der Waals surface area contributed by atoms with Gasteiger partial charge in [0.25, 0.3) is 0 Å². The fourth-order valence-electron chi connectivity index (χ4n) is 5.26. The molecule has 0 bridgehead atoms. The number of hydrogen-bond donors (Lipinski definition) is 1. The Bertz CT molecular complexity index is 1210. The highest BCUT2D eigenvalue weighted by atomic mass is 19.1. The third-order valence-corrected chi connectivity index (χ3v) is 6.86. The Morgan fingerprint density at radius 2 is 2.03 bits per heavy atom. The smallest absolute Gasteiger partial charge is 0.220 e. The van der Waals surface area contributed by atoms with Crippen molar-refractivity contribution in [2.24, 2.45) is 5.16 Å². The second-order valence-corrected chi connectivity index (χ2v) is 9.34. The van der Waals surface area contributed by atoms with Gasteiger partial charge >= 0.3 is 0 Å². The number of fused-ring (bicyclic) bond motifs is 1. The maximum atomic E-state index is 14.3. The molecule has 35 heavy (non-hydrogen) atoms. The van der Waals surface area contributed by atoms with E-state index in [1.165, 1.54) is 32.0 Å². The van der Waals surface area contributed by atoms with Gasteiger partial charge in [-0.2, -0.15) is 0 Å². The van der Waals surface area contributed by atoms with E-state index >= 15 is 0 Å². The molecule has 8 heteroatoms. The predicted octanol–water partition coefficient (Wildman–Crippen LogP) is 4.50. The predicted molar refractivity (Wildman–Crippen MR) is 135 cm³/mol. The normalized spacial score (nSPS) is 19.1.